The van der Waals surface area contributed by atoms with Crippen molar-refractivity contribution >= 4 is 0 Å². The zero-order valence-electron chi connectivity index (χ0n) is 14.7. The second kappa shape index (κ2) is 6.03. The van der Waals surface area contributed by atoms with E-state index in [2.05, 4.69) is 13.0 Å². The number of fused-ring (bicyclic) bond motifs is 5. The molecule has 0 spiro atoms. The van der Waals surface area contributed by atoms with Gasteiger partial charge in [0.25, 0.3) is 0 Å². The highest BCUT2D eigenvalue weighted by Crippen LogP contribution is 2.62. The maximum absolute atomic E-state index is 11.0. The van der Waals surface area contributed by atoms with Gasteiger partial charge in [0, 0.05) is 0 Å². The molecule has 3 aliphatic rings. The molecule has 0 bridgehead atoms. The Morgan fingerprint density at radius 2 is 2.12 bits per heavy atom. The van der Waals surface area contributed by atoms with Crippen molar-refractivity contribution in [1.82, 2.24) is 0 Å². The van der Waals surface area contributed by atoms with Crippen LogP contribution in [0.4, 0.5) is 0 Å². The van der Waals surface area contributed by atoms with Crippen LogP contribution in [0.1, 0.15) is 62.5 Å². The SMILES string of the molecule is C[C@]12CC[C@@H]3c4ccc(O)cc4CC[C@H]3[C@@H]1C[C@H](CCCN)[C@@H]2O. The monoisotopic (exact) mass is 329 g/mol. The first-order chi connectivity index (χ1) is 11.5. The maximum atomic E-state index is 11.0. The van der Waals surface area contributed by atoms with E-state index in [1.807, 2.05) is 12.1 Å². The molecule has 3 heteroatoms. The molecule has 3 nitrogen and oxygen atoms in total. The molecule has 0 saturated heterocycles. The van der Waals surface area contributed by atoms with Gasteiger partial charge in [0.05, 0.1) is 6.10 Å². The van der Waals surface area contributed by atoms with Crippen molar-refractivity contribution in [2.24, 2.45) is 28.9 Å². The Kier molecular flexibility index (Phi) is 4.12. The lowest BCUT2D eigenvalue weighted by Gasteiger charge is -2.50. The van der Waals surface area contributed by atoms with Gasteiger partial charge in [0.2, 0.25) is 0 Å². The number of aliphatic hydroxyl groups excluding tert-OH is 1. The lowest BCUT2D eigenvalue weighted by molar-refractivity contribution is -0.0334. The number of rotatable bonds is 3. The van der Waals surface area contributed by atoms with Crippen LogP contribution in [0.15, 0.2) is 18.2 Å². The third kappa shape index (κ3) is 2.40. The number of phenols is 1. The van der Waals surface area contributed by atoms with Gasteiger partial charge in [-0.15, -0.1) is 0 Å². The Morgan fingerprint density at radius 3 is 2.92 bits per heavy atom. The van der Waals surface area contributed by atoms with Crippen molar-refractivity contribution in [3.05, 3.63) is 29.3 Å². The quantitative estimate of drug-likeness (QED) is 0.794. The number of benzene rings is 1. The summed E-state index contributed by atoms with van der Waals surface area (Å²) in [5.41, 5.74) is 8.60. The lowest BCUT2D eigenvalue weighted by Crippen LogP contribution is -2.44. The largest absolute Gasteiger partial charge is 0.508 e. The first kappa shape index (κ1) is 16.4. The first-order valence-electron chi connectivity index (χ1n) is 9.74. The van der Waals surface area contributed by atoms with E-state index < -0.39 is 0 Å². The molecule has 2 fully saturated rings. The average molecular weight is 329 g/mol. The number of nitrogens with two attached hydrogens (primary N) is 1. The van der Waals surface area contributed by atoms with Crippen LogP contribution in [0, 0.1) is 23.2 Å². The van der Waals surface area contributed by atoms with Gasteiger partial charge >= 0.3 is 0 Å². The van der Waals surface area contributed by atoms with Crippen LogP contribution >= 0.6 is 0 Å². The maximum Gasteiger partial charge on any atom is 0.115 e. The Hall–Kier alpha value is -1.06. The smallest absolute Gasteiger partial charge is 0.115 e. The molecular weight excluding hydrogens is 298 g/mol. The van der Waals surface area contributed by atoms with E-state index in [1.54, 1.807) is 0 Å². The molecule has 0 heterocycles. The number of aryl methyl sites for hydroxylation is 1. The Labute approximate surface area is 145 Å². The van der Waals surface area contributed by atoms with Crippen molar-refractivity contribution in [2.45, 2.75) is 63.9 Å². The molecule has 0 amide bonds. The standard InChI is InChI=1S/C21H31NO2/c1-21-9-8-17-16-7-5-15(23)11-13(16)4-6-18(17)19(21)12-14(20(21)24)3-2-10-22/h5,7,11,14,17-20,23-24H,2-4,6,8-10,12,22H2,1H3/t14-,17+,18+,19-,20-,21-/m0/s1. The molecule has 0 unspecified atom stereocenters. The van der Waals surface area contributed by atoms with Crippen molar-refractivity contribution in [2.75, 3.05) is 6.54 Å². The molecule has 6 atom stereocenters. The fourth-order valence-corrected chi connectivity index (χ4v) is 6.38. The summed E-state index contributed by atoms with van der Waals surface area (Å²) in [5.74, 6) is 2.77. The Bertz CT molecular complexity index is 616. The minimum absolute atomic E-state index is 0.0921. The van der Waals surface area contributed by atoms with Crippen LogP contribution in [0.2, 0.25) is 0 Å². The van der Waals surface area contributed by atoms with E-state index in [9.17, 15) is 10.2 Å². The molecular formula is C21H31NO2. The topological polar surface area (TPSA) is 66.5 Å². The molecule has 24 heavy (non-hydrogen) atoms. The highest BCUT2D eigenvalue weighted by atomic mass is 16.3. The fourth-order valence-electron chi connectivity index (χ4n) is 6.38. The van der Waals surface area contributed by atoms with Crippen molar-refractivity contribution < 1.29 is 10.2 Å². The molecule has 132 valence electrons. The molecule has 4 rings (SSSR count). The van der Waals surface area contributed by atoms with E-state index in [-0.39, 0.29) is 11.5 Å². The van der Waals surface area contributed by atoms with Crippen molar-refractivity contribution in [1.29, 1.82) is 0 Å². The lowest BCUT2D eigenvalue weighted by atomic mass is 9.55. The molecule has 0 radical (unpaired) electrons. The van der Waals surface area contributed by atoms with E-state index in [0.717, 1.165) is 32.2 Å². The van der Waals surface area contributed by atoms with Gasteiger partial charge in [-0.2, -0.15) is 0 Å². The summed E-state index contributed by atoms with van der Waals surface area (Å²) < 4.78 is 0. The summed E-state index contributed by atoms with van der Waals surface area (Å²) in [6, 6.07) is 5.97. The van der Waals surface area contributed by atoms with E-state index in [1.165, 1.54) is 30.4 Å². The summed E-state index contributed by atoms with van der Waals surface area (Å²) >= 11 is 0. The van der Waals surface area contributed by atoms with Gasteiger partial charge in [-0.3, -0.25) is 0 Å². The van der Waals surface area contributed by atoms with Crippen LogP contribution in [0.25, 0.3) is 0 Å². The molecule has 1 aromatic carbocycles. The summed E-state index contributed by atoms with van der Waals surface area (Å²) in [6.45, 7) is 3.07. The van der Waals surface area contributed by atoms with Gasteiger partial charge in [0.15, 0.2) is 0 Å². The molecule has 4 N–H and O–H groups in total. The third-order valence-electron chi connectivity index (χ3n) is 7.61. The van der Waals surface area contributed by atoms with E-state index in [0.29, 0.717) is 29.4 Å². The minimum atomic E-state index is -0.156. The molecule has 1 aromatic rings. The number of aliphatic hydroxyl groups is 1. The van der Waals surface area contributed by atoms with Crippen molar-refractivity contribution in [3.63, 3.8) is 0 Å². The first-order valence-corrected chi connectivity index (χ1v) is 9.74. The van der Waals surface area contributed by atoms with Gasteiger partial charge < -0.3 is 15.9 Å². The van der Waals surface area contributed by atoms with Crippen LogP contribution in [0.5, 0.6) is 5.75 Å². The van der Waals surface area contributed by atoms with Gasteiger partial charge in [-0.25, -0.2) is 0 Å². The van der Waals surface area contributed by atoms with Crippen LogP contribution in [0.3, 0.4) is 0 Å². The van der Waals surface area contributed by atoms with Gasteiger partial charge in [-0.05, 0) is 104 Å². The molecule has 0 aliphatic heterocycles. The van der Waals surface area contributed by atoms with Crippen LogP contribution in [-0.2, 0) is 6.42 Å². The predicted octanol–water partition coefficient (Wildman–Crippen LogP) is 3.57. The second-order valence-electron chi connectivity index (χ2n) is 8.71. The summed E-state index contributed by atoms with van der Waals surface area (Å²) in [6.07, 6.45) is 7.70. The number of hydrogen-bond acceptors (Lipinski definition) is 3. The van der Waals surface area contributed by atoms with Crippen molar-refractivity contribution in [3.8, 4) is 5.75 Å². The van der Waals surface area contributed by atoms with Gasteiger partial charge in [-0.1, -0.05) is 13.0 Å². The minimum Gasteiger partial charge on any atom is -0.508 e. The normalized spacial score (nSPS) is 40.7. The van der Waals surface area contributed by atoms with Gasteiger partial charge in [0.1, 0.15) is 5.75 Å². The Balaban J connectivity index is 1.61. The Morgan fingerprint density at radius 1 is 1.29 bits per heavy atom. The highest BCUT2D eigenvalue weighted by molar-refractivity contribution is 5.40. The van der Waals surface area contributed by atoms with E-state index >= 15 is 0 Å². The summed E-state index contributed by atoms with van der Waals surface area (Å²) in [7, 11) is 0. The number of hydrogen-bond donors (Lipinski definition) is 3. The molecule has 0 aromatic heterocycles. The predicted molar refractivity (Wildman–Crippen MR) is 95.9 cm³/mol. The average Bonchev–Trinajstić information content (AvgIpc) is 2.84. The zero-order valence-corrected chi connectivity index (χ0v) is 14.7. The van der Waals surface area contributed by atoms with E-state index in [4.69, 9.17) is 5.73 Å². The number of aromatic hydroxyl groups is 1. The third-order valence-corrected chi connectivity index (χ3v) is 7.61. The summed E-state index contributed by atoms with van der Waals surface area (Å²) in [4.78, 5) is 0. The summed E-state index contributed by atoms with van der Waals surface area (Å²) in [5, 5.41) is 20.8. The zero-order chi connectivity index (χ0) is 16.9. The molecule has 3 aliphatic carbocycles. The number of phenolic OH excluding ortho intramolecular Hbond substituents is 1. The molecule has 2 saturated carbocycles. The van der Waals surface area contributed by atoms with Crippen LogP contribution in [-0.4, -0.2) is 22.9 Å². The highest BCUT2D eigenvalue weighted by Gasteiger charge is 2.57. The van der Waals surface area contributed by atoms with Crippen LogP contribution < -0.4 is 5.73 Å². The fraction of sp³-hybridized carbons (Fsp3) is 0.714. The second-order valence-corrected chi connectivity index (χ2v) is 8.71.